The van der Waals surface area contributed by atoms with E-state index in [1.165, 1.54) is 0 Å². The molecule has 3 N–H and O–H groups in total. The third-order valence-electron chi connectivity index (χ3n) is 6.20. The first-order valence-electron chi connectivity index (χ1n) is 11.3. The standard InChI is InChI=1S/C29H26N2O3/c1-18(2)20-15-24-28(25(32)16-20)27-22(29(30)33)12-8-13-23(27)31(24)17-19-9-6-7-14-26(19)34-21-10-4-3-5-11-21/h3-16,18,32H,17H2,1-2H3,(H2,30,33). The minimum atomic E-state index is -0.523. The van der Waals surface area contributed by atoms with Crippen LogP contribution in [0.3, 0.4) is 0 Å². The molecule has 170 valence electrons. The highest BCUT2D eigenvalue weighted by Gasteiger charge is 2.21. The fraction of sp³-hybridized carbons (Fsp3) is 0.138. The average Bonchev–Trinajstić information content (AvgIpc) is 3.15. The summed E-state index contributed by atoms with van der Waals surface area (Å²) in [4.78, 5) is 12.3. The maximum absolute atomic E-state index is 12.3. The molecule has 5 nitrogen and oxygen atoms in total. The van der Waals surface area contributed by atoms with E-state index in [-0.39, 0.29) is 11.7 Å². The van der Waals surface area contributed by atoms with Crippen molar-refractivity contribution in [2.75, 3.05) is 0 Å². The molecular weight excluding hydrogens is 424 g/mol. The van der Waals surface area contributed by atoms with Crippen molar-refractivity contribution in [3.63, 3.8) is 0 Å². The molecule has 0 aliphatic heterocycles. The normalized spacial score (nSPS) is 11.4. The molecule has 5 aromatic rings. The molecule has 0 bridgehead atoms. The SMILES string of the molecule is CC(C)c1cc(O)c2c3c(C(N)=O)cccc3n(Cc3ccccc3Oc3ccccc3)c2c1. The Kier molecular flexibility index (Phi) is 5.46. The molecule has 5 rings (SSSR count). The lowest BCUT2D eigenvalue weighted by atomic mass is 9.99. The van der Waals surface area contributed by atoms with Crippen LogP contribution in [0.25, 0.3) is 21.8 Å². The second-order valence-electron chi connectivity index (χ2n) is 8.76. The molecule has 1 heterocycles. The highest BCUT2D eigenvalue weighted by atomic mass is 16.5. The predicted octanol–water partition coefficient (Wildman–Crippen LogP) is 6.56. The smallest absolute Gasteiger partial charge is 0.249 e. The maximum atomic E-state index is 12.3. The Balaban J connectivity index is 1.74. The molecule has 5 heteroatoms. The van der Waals surface area contributed by atoms with E-state index in [1.807, 2.05) is 66.7 Å². The lowest BCUT2D eigenvalue weighted by Gasteiger charge is -2.14. The zero-order valence-corrected chi connectivity index (χ0v) is 19.2. The van der Waals surface area contributed by atoms with Crippen molar-refractivity contribution in [1.29, 1.82) is 0 Å². The zero-order chi connectivity index (χ0) is 23.8. The summed E-state index contributed by atoms with van der Waals surface area (Å²) in [5.41, 5.74) is 9.79. The van der Waals surface area contributed by atoms with Crippen molar-refractivity contribution in [2.45, 2.75) is 26.3 Å². The number of ether oxygens (including phenoxy) is 1. The van der Waals surface area contributed by atoms with Crippen LogP contribution < -0.4 is 10.5 Å². The zero-order valence-electron chi connectivity index (χ0n) is 19.2. The van der Waals surface area contributed by atoms with Crippen LogP contribution in [0, 0.1) is 0 Å². The number of hydrogen-bond acceptors (Lipinski definition) is 3. The van der Waals surface area contributed by atoms with Crippen LogP contribution in [-0.4, -0.2) is 15.6 Å². The maximum Gasteiger partial charge on any atom is 0.249 e. The largest absolute Gasteiger partial charge is 0.507 e. The Labute approximate surface area is 198 Å². The second-order valence-corrected chi connectivity index (χ2v) is 8.76. The molecule has 0 radical (unpaired) electrons. The van der Waals surface area contributed by atoms with E-state index < -0.39 is 5.91 Å². The summed E-state index contributed by atoms with van der Waals surface area (Å²) in [6.07, 6.45) is 0. The van der Waals surface area contributed by atoms with E-state index in [2.05, 4.69) is 24.5 Å². The number of benzene rings is 4. The van der Waals surface area contributed by atoms with E-state index in [1.54, 1.807) is 12.1 Å². The van der Waals surface area contributed by atoms with Crippen LogP contribution in [0.5, 0.6) is 17.2 Å². The van der Waals surface area contributed by atoms with E-state index in [9.17, 15) is 9.90 Å². The van der Waals surface area contributed by atoms with Crippen molar-refractivity contribution in [3.05, 3.63) is 102 Å². The summed E-state index contributed by atoms with van der Waals surface area (Å²) >= 11 is 0. The van der Waals surface area contributed by atoms with Crippen molar-refractivity contribution >= 4 is 27.7 Å². The van der Waals surface area contributed by atoms with E-state index >= 15 is 0 Å². The highest BCUT2D eigenvalue weighted by Crippen LogP contribution is 2.40. The predicted molar refractivity (Wildman–Crippen MR) is 136 cm³/mol. The number of nitrogens with two attached hydrogens (primary N) is 1. The fourth-order valence-corrected chi connectivity index (χ4v) is 4.49. The molecule has 34 heavy (non-hydrogen) atoms. The molecule has 0 atom stereocenters. The summed E-state index contributed by atoms with van der Waals surface area (Å²) in [6.45, 7) is 4.67. The molecule has 1 amide bonds. The lowest BCUT2D eigenvalue weighted by molar-refractivity contribution is 0.100. The van der Waals surface area contributed by atoms with Gasteiger partial charge in [-0.1, -0.05) is 56.3 Å². The number of aromatic hydroxyl groups is 1. The summed E-state index contributed by atoms with van der Waals surface area (Å²) in [5, 5.41) is 12.3. The summed E-state index contributed by atoms with van der Waals surface area (Å²) in [7, 11) is 0. The van der Waals surface area contributed by atoms with Crippen molar-refractivity contribution in [1.82, 2.24) is 4.57 Å². The Bertz CT molecular complexity index is 1520. The highest BCUT2D eigenvalue weighted by molar-refractivity contribution is 6.19. The Morgan fingerprint density at radius 2 is 1.65 bits per heavy atom. The number of phenols is 1. The minimum Gasteiger partial charge on any atom is -0.507 e. The van der Waals surface area contributed by atoms with Gasteiger partial charge in [-0.3, -0.25) is 4.79 Å². The number of para-hydroxylation sites is 2. The summed E-state index contributed by atoms with van der Waals surface area (Å²) in [5.74, 6) is 1.36. The first kappa shape index (κ1) is 21.6. The Morgan fingerprint density at radius 1 is 0.912 bits per heavy atom. The van der Waals surface area contributed by atoms with Crippen LogP contribution in [0.15, 0.2) is 84.9 Å². The molecule has 0 aliphatic rings. The van der Waals surface area contributed by atoms with Gasteiger partial charge in [0.05, 0.1) is 23.0 Å². The van der Waals surface area contributed by atoms with Gasteiger partial charge in [-0.15, -0.1) is 0 Å². The van der Waals surface area contributed by atoms with Crippen LogP contribution in [-0.2, 0) is 6.54 Å². The Hall–Kier alpha value is -4.25. The number of hydrogen-bond donors (Lipinski definition) is 2. The van der Waals surface area contributed by atoms with Crippen molar-refractivity contribution in [3.8, 4) is 17.2 Å². The van der Waals surface area contributed by atoms with Crippen molar-refractivity contribution in [2.24, 2.45) is 5.73 Å². The van der Waals surface area contributed by atoms with Gasteiger partial charge in [0.15, 0.2) is 0 Å². The first-order chi connectivity index (χ1) is 16.4. The topological polar surface area (TPSA) is 77.5 Å². The van der Waals surface area contributed by atoms with E-state index in [0.717, 1.165) is 33.7 Å². The summed E-state index contributed by atoms with van der Waals surface area (Å²) < 4.78 is 8.31. The number of primary amides is 1. The van der Waals surface area contributed by atoms with Gasteiger partial charge in [-0.05, 0) is 53.9 Å². The molecule has 0 saturated carbocycles. The van der Waals surface area contributed by atoms with Gasteiger partial charge in [0.1, 0.15) is 17.2 Å². The van der Waals surface area contributed by atoms with Crippen LogP contribution in [0.2, 0.25) is 0 Å². The van der Waals surface area contributed by atoms with Gasteiger partial charge in [0, 0.05) is 16.5 Å². The third kappa shape index (κ3) is 3.75. The van der Waals surface area contributed by atoms with E-state index in [4.69, 9.17) is 10.5 Å². The molecule has 0 saturated heterocycles. The van der Waals surface area contributed by atoms with Crippen LogP contribution in [0.4, 0.5) is 0 Å². The lowest BCUT2D eigenvalue weighted by Crippen LogP contribution is -2.11. The molecule has 0 aliphatic carbocycles. The van der Waals surface area contributed by atoms with Gasteiger partial charge in [-0.25, -0.2) is 0 Å². The average molecular weight is 451 g/mol. The van der Waals surface area contributed by atoms with Gasteiger partial charge < -0.3 is 20.1 Å². The fourth-order valence-electron chi connectivity index (χ4n) is 4.49. The quantitative estimate of drug-likeness (QED) is 0.307. The molecule has 4 aromatic carbocycles. The van der Waals surface area contributed by atoms with Crippen LogP contribution >= 0.6 is 0 Å². The third-order valence-corrected chi connectivity index (χ3v) is 6.20. The molecule has 0 fully saturated rings. The van der Waals surface area contributed by atoms with Gasteiger partial charge in [-0.2, -0.15) is 0 Å². The molecular formula is C29H26N2O3. The number of fused-ring (bicyclic) bond motifs is 3. The number of nitrogens with zero attached hydrogens (tertiary/aromatic N) is 1. The monoisotopic (exact) mass is 450 g/mol. The number of amides is 1. The number of carbonyl (C=O) groups excluding carboxylic acids is 1. The number of aromatic nitrogens is 1. The molecule has 0 unspecified atom stereocenters. The van der Waals surface area contributed by atoms with Gasteiger partial charge in [0.25, 0.3) is 0 Å². The second kappa shape index (κ2) is 8.60. The minimum absolute atomic E-state index is 0.146. The first-order valence-corrected chi connectivity index (χ1v) is 11.3. The molecule has 1 aromatic heterocycles. The van der Waals surface area contributed by atoms with Gasteiger partial charge >= 0.3 is 0 Å². The summed E-state index contributed by atoms with van der Waals surface area (Å²) in [6, 6.07) is 26.9. The number of phenolic OH excluding ortho intramolecular Hbond substituents is 1. The number of carbonyl (C=O) groups is 1. The van der Waals surface area contributed by atoms with Crippen LogP contribution in [0.1, 0.15) is 41.3 Å². The number of rotatable bonds is 6. The Morgan fingerprint density at radius 3 is 2.38 bits per heavy atom. The van der Waals surface area contributed by atoms with Crippen molar-refractivity contribution < 1.29 is 14.6 Å². The molecule has 0 spiro atoms. The van der Waals surface area contributed by atoms with E-state index in [0.29, 0.717) is 22.9 Å². The van der Waals surface area contributed by atoms with Gasteiger partial charge in [0.2, 0.25) is 5.91 Å².